The van der Waals surface area contributed by atoms with Gasteiger partial charge in [-0.2, -0.15) is 16.8 Å². The van der Waals surface area contributed by atoms with Crippen LogP contribution >= 0.6 is 7.60 Å². The summed E-state index contributed by atoms with van der Waals surface area (Å²) in [5.74, 6) is 0. The summed E-state index contributed by atoms with van der Waals surface area (Å²) in [4.78, 5) is 1.13. The first kappa shape index (κ1) is 29.0. The molecule has 0 aromatic heterocycles. The standard InChI is InChI=1S/C21H34NO9PS2/c1-6-10-20(34(27,28)29)22-18-12-11-16(33(24,25)26)15-17(18)21(5,19(22)7-2)13-14-32(23,30-8-3)31-9-4/h7,11-12,15,20H,6,8-10,13-14H2,1-5H3,(H,24,25,26)(H,27,28,29). The monoisotopic (exact) mass is 539 g/mol. The SMILES string of the molecule is CC=C1N(C(CCC)S(=O)(=O)O)c2ccc(S(=O)(=O)O)cc2C1(C)CCP(=O)(OCC)OCC. The summed E-state index contributed by atoms with van der Waals surface area (Å²) in [6.45, 7) is 8.97. The quantitative estimate of drug-likeness (QED) is 0.285. The van der Waals surface area contributed by atoms with Crippen LogP contribution in [0.15, 0.2) is 34.9 Å². The predicted octanol–water partition coefficient (Wildman–Crippen LogP) is 4.59. The zero-order valence-electron chi connectivity index (χ0n) is 20.1. The lowest BCUT2D eigenvalue weighted by atomic mass is 9.79. The highest BCUT2D eigenvalue weighted by molar-refractivity contribution is 7.86. The average molecular weight is 540 g/mol. The molecule has 2 rings (SSSR count). The Hall–Kier alpha value is -1.27. The van der Waals surface area contributed by atoms with Crippen molar-refractivity contribution in [3.63, 3.8) is 0 Å². The van der Waals surface area contributed by atoms with E-state index in [1.807, 2.05) is 0 Å². The zero-order valence-corrected chi connectivity index (χ0v) is 22.6. The van der Waals surface area contributed by atoms with Gasteiger partial charge < -0.3 is 13.9 Å². The van der Waals surface area contributed by atoms with E-state index in [0.717, 1.165) is 0 Å². The maximum absolute atomic E-state index is 13.2. The third kappa shape index (κ3) is 5.92. The first-order chi connectivity index (χ1) is 15.7. The van der Waals surface area contributed by atoms with E-state index >= 15 is 0 Å². The van der Waals surface area contributed by atoms with E-state index in [2.05, 4.69) is 0 Å². The molecule has 0 spiro atoms. The Kier molecular flexibility index (Phi) is 9.18. The van der Waals surface area contributed by atoms with E-state index in [9.17, 15) is 30.5 Å². The molecule has 0 radical (unpaired) electrons. The normalized spacial score (nSPS) is 21.1. The molecule has 194 valence electrons. The molecular weight excluding hydrogens is 505 g/mol. The summed E-state index contributed by atoms with van der Waals surface area (Å²) >= 11 is 0. The van der Waals surface area contributed by atoms with Crippen LogP contribution in [0, 0.1) is 0 Å². The van der Waals surface area contributed by atoms with Crippen molar-refractivity contribution < 1.29 is 39.6 Å². The number of hydrogen-bond acceptors (Lipinski definition) is 8. The number of benzene rings is 1. The molecule has 2 unspecified atom stereocenters. The van der Waals surface area contributed by atoms with Gasteiger partial charge in [0.1, 0.15) is 0 Å². The molecule has 34 heavy (non-hydrogen) atoms. The molecule has 0 saturated carbocycles. The second kappa shape index (κ2) is 10.8. The molecule has 2 atom stereocenters. The minimum Gasteiger partial charge on any atom is -0.325 e. The van der Waals surface area contributed by atoms with Crippen molar-refractivity contribution in [2.75, 3.05) is 24.3 Å². The molecular formula is C21H34NO9PS2. The third-order valence-corrected chi connectivity index (χ3v) is 9.98. The zero-order chi connectivity index (χ0) is 25.9. The predicted molar refractivity (Wildman–Crippen MR) is 130 cm³/mol. The van der Waals surface area contributed by atoms with Crippen molar-refractivity contribution in [2.24, 2.45) is 0 Å². The molecule has 0 fully saturated rings. The van der Waals surface area contributed by atoms with E-state index in [1.54, 1.807) is 40.7 Å². The van der Waals surface area contributed by atoms with Crippen molar-refractivity contribution >= 4 is 33.5 Å². The van der Waals surface area contributed by atoms with Gasteiger partial charge in [0.25, 0.3) is 20.2 Å². The summed E-state index contributed by atoms with van der Waals surface area (Å²) in [6, 6.07) is 3.87. The lowest BCUT2D eigenvalue weighted by molar-refractivity contribution is 0.218. The Morgan fingerprint density at radius 2 is 1.71 bits per heavy atom. The van der Waals surface area contributed by atoms with Gasteiger partial charge >= 0.3 is 7.60 Å². The second-order valence-electron chi connectivity index (χ2n) is 8.21. The maximum atomic E-state index is 13.2. The first-order valence-electron chi connectivity index (χ1n) is 11.1. The number of hydrogen-bond donors (Lipinski definition) is 2. The highest BCUT2D eigenvalue weighted by Crippen LogP contribution is 2.56. The Morgan fingerprint density at radius 1 is 1.12 bits per heavy atom. The van der Waals surface area contributed by atoms with Crippen LogP contribution in [0.4, 0.5) is 5.69 Å². The lowest BCUT2D eigenvalue weighted by Gasteiger charge is -2.34. The van der Waals surface area contributed by atoms with Crippen LogP contribution in [0.25, 0.3) is 0 Å². The molecule has 13 heteroatoms. The van der Waals surface area contributed by atoms with Crippen molar-refractivity contribution in [3.05, 3.63) is 35.5 Å². The Bertz CT molecular complexity index is 1170. The fourth-order valence-corrected chi connectivity index (χ4v) is 7.84. The van der Waals surface area contributed by atoms with Crippen molar-refractivity contribution in [2.45, 2.75) is 69.6 Å². The molecule has 1 heterocycles. The number of allylic oxidation sites excluding steroid dienone is 2. The van der Waals surface area contributed by atoms with E-state index < -0.39 is 38.6 Å². The first-order valence-corrected chi connectivity index (χ1v) is 15.8. The number of anilines is 1. The highest BCUT2D eigenvalue weighted by Gasteiger charge is 2.49. The molecule has 10 nitrogen and oxygen atoms in total. The van der Waals surface area contributed by atoms with E-state index in [0.29, 0.717) is 23.4 Å². The average Bonchev–Trinajstić information content (AvgIpc) is 2.97. The Morgan fingerprint density at radius 3 is 2.15 bits per heavy atom. The van der Waals surface area contributed by atoms with Gasteiger partial charge in [0.2, 0.25) is 0 Å². The Balaban J connectivity index is 2.75. The van der Waals surface area contributed by atoms with Crippen LogP contribution in [0.3, 0.4) is 0 Å². The number of nitrogens with zero attached hydrogens (tertiary/aromatic N) is 1. The van der Waals surface area contributed by atoms with Gasteiger partial charge in [0.05, 0.1) is 24.3 Å². The summed E-state index contributed by atoms with van der Waals surface area (Å²) in [5.41, 5.74) is 0.262. The largest absolute Gasteiger partial charge is 0.330 e. The second-order valence-corrected chi connectivity index (χ2v) is 13.4. The highest BCUT2D eigenvalue weighted by atomic mass is 32.2. The summed E-state index contributed by atoms with van der Waals surface area (Å²) in [7, 11) is -12.6. The summed E-state index contributed by atoms with van der Waals surface area (Å²) in [5, 5.41) is -1.31. The van der Waals surface area contributed by atoms with Gasteiger partial charge in [-0.1, -0.05) is 19.4 Å². The fourth-order valence-electron chi connectivity index (χ4n) is 4.47. The molecule has 0 aliphatic carbocycles. The Labute approximate surface area is 202 Å². The maximum Gasteiger partial charge on any atom is 0.330 e. The van der Waals surface area contributed by atoms with Gasteiger partial charge in [0, 0.05) is 16.8 Å². The number of fused-ring (bicyclic) bond motifs is 1. The van der Waals surface area contributed by atoms with Crippen LogP contribution in [-0.4, -0.2) is 50.7 Å². The number of rotatable bonds is 12. The fraction of sp³-hybridized carbons (Fsp3) is 0.619. The van der Waals surface area contributed by atoms with Crippen molar-refractivity contribution in [3.8, 4) is 0 Å². The topological polar surface area (TPSA) is 148 Å². The smallest absolute Gasteiger partial charge is 0.325 e. The van der Waals surface area contributed by atoms with Crippen LogP contribution in [0.1, 0.15) is 59.4 Å². The van der Waals surface area contributed by atoms with Gasteiger partial charge in [-0.15, -0.1) is 0 Å². The lowest BCUT2D eigenvalue weighted by Crippen LogP contribution is -2.41. The molecule has 1 aromatic rings. The van der Waals surface area contributed by atoms with Gasteiger partial charge in [-0.05, 0) is 64.3 Å². The van der Waals surface area contributed by atoms with Gasteiger partial charge in [0.15, 0.2) is 5.37 Å². The van der Waals surface area contributed by atoms with Crippen LogP contribution in [-0.2, 0) is 39.3 Å². The minimum atomic E-state index is -4.55. The summed E-state index contributed by atoms with van der Waals surface area (Å²) < 4.78 is 92.1. The molecule has 1 aliphatic rings. The molecule has 1 aliphatic heterocycles. The molecule has 0 amide bonds. The molecule has 0 saturated heterocycles. The van der Waals surface area contributed by atoms with E-state index in [1.165, 1.54) is 23.1 Å². The minimum absolute atomic E-state index is 0.0176. The molecule has 2 N–H and O–H groups in total. The van der Waals surface area contributed by atoms with Crippen molar-refractivity contribution in [1.29, 1.82) is 0 Å². The molecule has 0 bridgehead atoms. The van der Waals surface area contributed by atoms with Crippen molar-refractivity contribution in [1.82, 2.24) is 0 Å². The van der Waals surface area contributed by atoms with E-state index in [4.69, 9.17) is 9.05 Å². The van der Waals surface area contributed by atoms with Gasteiger partial charge in [-0.3, -0.25) is 13.7 Å². The summed E-state index contributed by atoms with van der Waals surface area (Å²) in [6.07, 6.45) is 2.40. The van der Waals surface area contributed by atoms with Gasteiger partial charge in [-0.25, -0.2) is 0 Å². The third-order valence-electron chi connectivity index (χ3n) is 5.92. The van der Waals surface area contributed by atoms with Crippen LogP contribution in [0.5, 0.6) is 0 Å². The van der Waals surface area contributed by atoms with Crippen LogP contribution < -0.4 is 4.90 Å². The molecule has 1 aromatic carbocycles. The van der Waals surface area contributed by atoms with Crippen LogP contribution in [0.2, 0.25) is 0 Å². The van der Waals surface area contributed by atoms with E-state index in [-0.39, 0.29) is 37.1 Å².